The van der Waals surface area contributed by atoms with Crippen molar-refractivity contribution in [2.75, 3.05) is 12.4 Å². The summed E-state index contributed by atoms with van der Waals surface area (Å²) in [5.41, 5.74) is 1.09. The summed E-state index contributed by atoms with van der Waals surface area (Å²) in [5, 5.41) is 3.68. The highest BCUT2D eigenvalue weighted by Crippen LogP contribution is 2.30. The predicted molar refractivity (Wildman–Crippen MR) is 72.9 cm³/mol. The van der Waals surface area contributed by atoms with Crippen molar-refractivity contribution < 1.29 is 13.9 Å². The van der Waals surface area contributed by atoms with E-state index in [1.54, 1.807) is 6.92 Å². The topological polar surface area (TPSA) is 51.2 Å². The number of benzene rings is 1. The average Bonchev–Trinajstić information content (AvgIpc) is 2.73. The van der Waals surface area contributed by atoms with Crippen molar-refractivity contribution in [3.05, 3.63) is 39.6 Å². The lowest BCUT2D eigenvalue weighted by Crippen LogP contribution is -1.99. The van der Waals surface area contributed by atoms with Gasteiger partial charge >= 0.3 is 5.97 Å². The molecule has 7 heteroatoms. The molecule has 1 heterocycles. The van der Waals surface area contributed by atoms with Crippen LogP contribution in [0.5, 0.6) is 0 Å². The van der Waals surface area contributed by atoms with Gasteiger partial charge in [-0.1, -0.05) is 22.9 Å². The second kappa shape index (κ2) is 5.54. The molecule has 0 aliphatic heterocycles. The van der Waals surface area contributed by atoms with Crippen LogP contribution in [-0.2, 0) is 4.74 Å². The number of thiazole rings is 1. The van der Waals surface area contributed by atoms with Crippen LogP contribution in [0.1, 0.15) is 15.4 Å². The molecule has 0 unspecified atom stereocenters. The summed E-state index contributed by atoms with van der Waals surface area (Å²) >= 11 is 7.05. The lowest BCUT2D eigenvalue weighted by molar-refractivity contribution is 0.0605. The molecular formula is C12H10ClFN2O2S. The monoisotopic (exact) mass is 300 g/mol. The summed E-state index contributed by atoms with van der Waals surface area (Å²) in [6, 6.07) is 3.99. The molecule has 100 valence electrons. The molecule has 1 aromatic carbocycles. The second-order valence-corrected chi connectivity index (χ2v) is 5.08. The van der Waals surface area contributed by atoms with Crippen molar-refractivity contribution in [1.29, 1.82) is 0 Å². The zero-order valence-corrected chi connectivity index (χ0v) is 11.7. The van der Waals surface area contributed by atoms with Crippen LogP contribution in [0.3, 0.4) is 0 Å². The fourth-order valence-electron chi connectivity index (χ4n) is 1.44. The van der Waals surface area contributed by atoms with E-state index >= 15 is 0 Å². The Hall–Kier alpha value is -1.66. The van der Waals surface area contributed by atoms with E-state index in [1.165, 1.54) is 25.3 Å². The molecule has 1 N–H and O–H groups in total. The van der Waals surface area contributed by atoms with Crippen LogP contribution in [0, 0.1) is 12.7 Å². The fourth-order valence-corrected chi connectivity index (χ4v) is 2.55. The molecule has 0 aliphatic rings. The van der Waals surface area contributed by atoms with Gasteiger partial charge in [0.15, 0.2) is 5.13 Å². The maximum Gasteiger partial charge on any atom is 0.350 e. The van der Waals surface area contributed by atoms with Gasteiger partial charge in [-0.3, -0.25) is 0 Å². The number of carbonyl (C=O) groups is 1. The van der Waals surface area contributed by atoms with E-state index < -0.39 is 11.8 Å². The number of aromatic nitrogens is 1. The van der Waals surface area contributed by atoms with Gasteiger partial charge in [0.2, 0.25) is 0 Å². The molecule has 0 radical (unpaired) electrons. The number of hydrogen-bond donors (Lipinski definition) is 1. The van der Waals surface area contributed by atoms with Crippen molar-refractivity contribution in [2.45, 2.75) is 6.92 Å². The highest BCUT2D eigenvalue weighted by Gasteiger charge is 2.16. The minimum Gasteiger partial charge on any atom is -0.465 e. The van der Waals surface area contributed by atoms with Gasteiger partial charge in [-0.15, -0.1) is 0 Å². The van der Waals surface area contributed by atoms with Gasteiger partial charge in [-0.2, -0.15) is 0 Å². The van der Waals surface area contributed by atoms with Crippen LogP contribution < -0.4 is 5.32 Å². The number of esters is 1. The predicted octanol–water partition coefficient (Wildman–Crippen LogP) is 3.77. The minimum absolute atomic E-state index is 0.243. The Labute approximate surface area is 118 Å². The highest BCUT2D eigenvalue weighted by molar-refractivity contribution is 7.17. The number of anilines is 2. The van der Waals surface area contributed by atoms with E-state index in [2.05, 4.69) is 15.0 Å². The third-order valence-corrected chi connectivity index (χ3v) is 3.71. The molecule has 0 atom stereocenters. The zero-order valence-electron chi connectivity index (χ0n) is 10.2. The SMILES string of the molecule is COC(=O)c1sc(Nc2ccc(F)cc2Cl)nc1C. The molecule has 0 amide bonds. The van der Waals surface area contributed by atoms with Crippen LogP contribution in [0.4, 0.5) is 15.2 Å². The van der Waals surface area contributed by atoms with Gasteiger partial charge in [0, 0.05) is 0 Å². The minimum atomic E-state index is -0.437. The Morgan fingerprint density at radius 3 is 2.89 bits per heavy atom. The Bertz CT molecular complexity index is 630. The Morgan fingerprint density at radius 2 is 2.26 bits per heavy atom. The maximum atomic E-state index is 12.9. The number of ether oxygens (including phenoxy) is 1. The number of hydrogen-bond acceptors (Lipinski definition) is 5. The first kappa shape index (κ1) is 13.8. The Kier molecular flexibility index (Phi) is 4.01. The summed E-state index contributed by atoms with van der Waals surface area (Å²) in [4.78, 5) is 16.1. The van der Waals surface area contributed by atoms with Gasteiger partial charge < -0.3 is 10.1 Å². The quantitative estimate of drug-likeness (QED) is 0.877. The molecule has 2 rings (SSSR count). The number of nitrogens with one attached hydrogen (secondary N) is 1. The lowest BCUT2D eigenvalue weighted by atomic mass is 10.3. The van der Waals surface area contributed by atoms with Crippen LogP contribution in [0.25, 0.3) is 0 Å². The fraction of sp³-hybridized carbons (Fsp3) is 0.167. The van der Waals surface area contributed by atoms with Gasteiger partial charge in [-0.25, -0.2) is 14.2 Å². The molecule has 0 saturated carbocycles. The van der Waals surface area contributed by atoms with E-state index in [0.717, 1.165) is 11.3 Å². The van der Waals surface area contributed by atoms with Gasteiger partial charge in [0.05, 0.1) is 23.5 Å². The first-order chi connectivity index (χ1) is 9.01. The van der Waals surface area contributed by atoms with E-state index in [9.17, 15) is 9.18 Å². The Morgan fingerprint density at radius 1 is 1.53 bits per heavy atom. The lowest BCUT2D eigenvalue weighted by Gasteiger charge is -2.04. The molecule has 19 heavy (non-hydrogen) atoms. The summed E-state index contributed by atoms with van der Waals surface area (Å²) in [6.45, 7) is 1.71. The van der Waals surface area contributed by atoms with Crippen LogP contribution in [0.2, 0.25) is 5.02 Å². The summed E-state index contributed by atoms with van der Waals surface area (Å²) in [6.07, 6.45) is 0. The molecule has 0 saturated heterocycles. The van der Waals surface area contributed by atoms with Gasteiger partial charge in [0.1, 0.15) is 10.7 Å². The maximum absolute atomic E-state index is 12.9. The van der Waals surface area contributed by atoms with Crippen molar-refractivity contribution >= 4 is 39.7 Å². The van der Waals surface area contributed by atoms with Gasteiger partial charge in [-0.05, 0) is 25.1 Å². The zero-order chi connectivity index (χ0) is 14.0. The molecule has 1 aromatic heterocycles. The van der Waals surface area contributed by atoms with Crippen molar-refractivity contribution in [3.8, 4) is 0 Å². The third kappa shape index (κ3) is 3.02. The van der Waals surface area contributed by atoms with E-state index in [0.29, 0.717) is 21.4 Å². The van der Waals surface area contributed by atoms with Crippen molar-refractivity contribution in [1.82, 2.24) is 4.98 Å². The van der Waals surface area contributed by atoms with Crippen molar-refractivity contribution in [3.63, 3.8) is 0 Å². The first-order valence-electron chi connectivity index (χ1n) is 5.29. The molecule has 0 fully saturated rings. The van der Waals surface area contributed by atoms with Crippen LogP contribution in [0.15, 0.2) is 18.2 Å². The number of halogens is 2. The van der Waals surface area contributed by atoms with Gasteiger partial charge in [0.25, 0.3) is 0 Å². The first-order valence-corrected chi connectivity index (χ1v) is 6.48. The van der Waals surface area contributed by atoms with E-state index in [4.69, 9.17) is 11.6 Å². The van der Waals surface area contributed by atoms with Crippen molar-refractivity contribution in [2.24, 2.45) is 0 Å². The molecule has 4 nitrogen and oxygen atoms in total. The molecule has 2 aromatic rings. The number of aryl methyl sites for hydroxylation is 1. The van der Waals surface area contributed by atoms with E-state index in [-0.39, 0.29) is 5.02 Å². The summed E-state index contributed by atoms with van der Waals surface area (Å²) < 4.78 is 17.6. The number of carbonyl (C=O) groups excluding carboxylic acids is 1. The van der Waals surface area contributed by atoms with E-state index in [1.807, 2.05) is 0 Å². The third-order valence-electron chi connectivity index (χ3n) is 2.34. The second-order valence-electron chi connectivity index (χ2n) is 3.67. The molecular weight excluding hydrogens is 291 g/mol. The van der Waals surface area contributed by atoms with Crippen LogP contribution >= 0.6 is 22.9 Å². The van der Waals surface area contributed by atoms with Crippen LogP contribution in [-0.4, -0.2) is 18.1 Å². The Balaban J connectivity index is 2.26. The molecule has 0 aliphatic carbocycles. The molecule has 0 bridgehead atoms. The highest BCUT2D eigenvalue weighted by atomic mass is 35.5. The summed E-state index contributed by atoms with van der Waals surface area (Å²) in [7, 11) is 1.31. The standard InChI is InChI=1S/C12H10ClFN2O2S/c1-6-10(11(17)18-2)19-12(15-6)16-9-4-3-7(14)5-8(9)13/h3-5H,1-2H3,(H,15,16). The summed E-state index contributed by atoms with van der Waals surface area (Å²) in [5.74, 6) is -0.852. The number of rotatable bonds is 3. The molecule has 0 spiro atoms. The smallest absolute Gasteiger partial charge is 0.350 e. The number of nitrogens with zero attached hydrogens (tertiary/aromatic N) is 1. The largest absolute Gasteiger partial charge is 0.465 e. The normalized spacial score (nSPS) is 10.3. The average molecular weight is 301 g/mol. The number of methoxy groups -OCH3 is 1.